The van der Waals surface area contributed by atoms with Gasteiger partial charge in [-0.3, -0.25) is 14.5 Å². The summed E-state index contributed by atoms with van der Waals surface area (Å²) in [7, 11) is -3.80. The van der Waals surface area contributed by atoms with Gasteiger partial charge in [0.15, 0.2) is 6.61 Å². The molecule has 1 aromatic rings. The smallest absolute Gasteiger partial charge is 0.260 e. The Bertz CT molecular complexity index is 946. The molecule has 2 amide bonds. The van der Waals surface area contributed by atoms with E-state index in [-0.39, 0.29) is 29.4 Å². The fraction of sp³-hybridized carbons (Fsp3) is 0.619. The quantitative estimate of drug-likeness (QED) is 0.597. The molecular weight excluding hydrogens is 436 g/mol. The Morgan fingerprint density at radius 3 is 2.34 bits per heavy atom. The van der Waals surface area contributed by atoms with Crippen LogP contribution < -0.4 is 9.88 Å². The molecule has 2 fully saturated rings. The third kappa shape index (κ3) is 5.97. The van der Waals surface area contributed by atoms with E-state index in [1.165, 1.54) is 18.2 Å². The van der Waals surface area contributed by atoms with Crippen LogP contribution in [0.15, 0.2) is 23.1 Å². The number of aryl methyl sites for hydroxylation is 1. The van der Waals surface area contributed by atoms with E-state index in [9.17, 15) is 23.1 Å². The number of likely N-dealkylation sites (tertiary alicyclic amines) is 1. The van der Waals surface area contributed by atoms with Crippen LogP contribution >= 0.6 is 0 Å². The summed E-state index contributed by atoms with van der Waals surface area (Å²) in [6, 6.07) is 4.20. The Morgan fingerprint density at radius 1 is 1.09 bits per heavy atom. The number of hydrogen-bond acceptors (Lipinski definition) is 7. The van der Waals surface area contributed by atoms with E-state index >= 15 is 0 Å². The third-order valence-corrected chi connectivity index (χ3v) is 7.15. The van der Waals surface area contributed by atoms with Crippen molar-refractivity contribution in [3.8, 4) is 5.75 Å². The van der Waals surface area contributed by atoms with Gasteiger partial charge in [-0.15, -0.1) is 0 Å². The van der Waals surface area contributed by atoms with Crippen LogP contribution in [0.25, 0.3) is 0 Å². The second-order valence-electron chi connectivity index (χ2n) is 8.40. The second kappa shape index (κ2) is 10.2. The van der Waals surface area contributed by atoms with Crippen molar-refractivity contribution in [2.45, 2.75) is 43.7 Å². The van der Waals surface area contributed by atoms with Crippen molar-refractivity contribution in [3.05, 3.63) is 23.8 Å². The van der Waals surface area contributed by atoms with Gasteiger partial charge in [-0.05, 0) is 43.5 Å². The Kier molecular flexibility index (Phi) is 7.75. The standard InChI is InChI=1S/C21H32N4O6S/c1-15-13-17(32(22,29)30)3-4-20(15)31-14-21(28)25-7-5-18(19(27)6-8-25)24-11-9-23(10-12-24)16(2)26/h3-4,13,18-19,27H,5-12,14H2,1-2H3,(H2,22,29,30)/t18-,19-/m0/s1. The van der Waals surface area contributed by atoms with Gasteiger partial charge in [-0.25, -0.2) is 13.6 Å². The summed E-state index contributed by atoms with van der Waals surface area (Å²) >= 11 is 0. The number of piperazine rings is 1. The van der Waals surface area contributed by atoms with E-state index in [0.717, 1.165) is 0 Å². The minimum atomic E-state index is -3.80. The minimum Gasteiger partial charge on any atom is -0.483 e. The lowest BCUT2D eigenvalue weighted by atomic mass is 10.0. The fourth-order valence-corrected chi connectivity index (χ4v) is 4.91. The SMILES string of the molecule is CC(=O)N1CCN([C@H]2CCN(C(=O)COc3ccc(S(N)(=O)=O)cc3C)CC[C@@H]2O)CC1. The first-order chi connectivity index (χ1) is 15.1. The van der Waals surface area contributed by atoms with E-state index in [1.54, 1.807) is 18.7 Å². The van der Waals surface area contributed by atoms with E-state index in [1.807, 2.05) is 4.90 Å². The molecule has 3 rings (SSSR count). The molecule has 0 unspecified atom stereocenters. The van der Waals surface area contributed by atoms with Crippen molar-refractivity contribution < 1.29 is 27.9 Å². The highest BCUT2D eigenvalue weighted by molar-refractivity contribution is 7.89. The number of nitrogens with two attached hydrogens (primary N) is 1. The Labute approximate surface area is 189 Å². The number of carbonyl (C=O) groups excluding carboxylic acids is 2. The molecule has 2 atom stereocenters. The number of sulfonamides is 1. The minimum absolute atomic E-state index is 0.00893. The van der Waals surface area contributed by atoms with Crippen molar-refractivity contribution in [2.75, 3.05) is 45.9 Å². The summed E-state index contributed by atoms with van der Waals surface area (Å²) in [6.07, 6.45) is 0.589. The van der Waals surface area contributed by atoms with E-state index in [4.69, 9.17) is 9.88 Å². The summed E-state index contributed by atoms with van der Waals surface area (Å²) in [5.41, 5.74) is 0.570. The molecule has 178 valence electrons. The third-order valence-electron chi connectivity index (χ3n) is 6.24. The molecule has 2 saturated heterocycles. The summed E-state index contributed by atoms with van der Waals surface area (Å²) in [6.45, 7) is 6.77. The maximum atomic E-state index is 12.7. The van der Waals surface area contributed by atoms with Crippen molar-refractivity contribution in [2.24, 2.45) is 5.14 Å². The maximum absolute atomic E-state index is 12.7. The number of rotatable bonds is 5. The summed E-state index contributed by atoms with van der Waals surface area (Å²) in [5, 5.41) is 15.8. The molecule has 11 heteroatoms. The topological polar surface area (TPSA) is 133 Å². The number of carbonyl (C=O) groups is 2. The number of nitrogens with zero attached hydrogens (tertiary/aromatic N) is 3. The highest BCUT2D eigenvalue weighted by Crippen LogP contribution is 2.22. The van der Waals surface area contributed by atoms with Crippen molar-refractivity contribution in [1.82, 2.24) is 14.7 Å². The van der Waals surface area contributed by atoms with Crippen LogP contribution in [-0.4, -0.2) is 98.1 Å². The van der Waals surface area contributed by atoms with Gasteiger partial charge in [0.2, 0.25) is 15.9 Å². The Morgan fingerprint density at radius 2 is 1.75 bits per heavy atom. The predicted molar refractivity (Wildman–Crippen MR) is 117 cm³/mol. The molecule has 2 aliphatic heterocycles. The van der Waals surface area contributed by atoms with Crippen LogP contribution in [0.4, 0.5) is 0 Å². The van der Waals surface area contributed by atoms with Gasteiger partial charge in [0, 0.05) is 52.2 Å². The molecule has 0 saturated carbocycles. The van der Waals surface area contributed by atoms with Crippen LogP contribution in [0.1, 0.15) is 25.3 Å². The zero-order valence-corrected chi connectivity index (χ0v) is 19.4. The number of hydrogen-bond donors (Lipinski definition) is 2. The number of benzene rings is 1. The predicted octanol–water partition coefficient (Wildman–Crippen LogP) is -0.463. The van der Waals surface area contributed by atoms with E-state index < -0.39 is 16.1 Å². The molecule has 0 aliphatic carbocycles. The zero-order chi connectivity index (χ0) is 23.5. The van der Waals surface area contributed by atoms with E-state index in [2.05, 4.69) is 4.90 Å². The molecule has 10 nitrogen and oxygen atoms in total. The first-order valence-corrected chi connectivity index (χ1v) is 12.3. The van der Waals surface area contributed by atoms with Gasteiger partial charge >= 0.3 is 0 Å². The van der Waals surface area contributed by atoms with E-state index in [0.29, 0.717) is 63.4 Å². The lowest BCUT2D eigenvalue weighted by Crippen LogP contribution is -2.54. The van der Waals surface area contributed by atoms with Gasteiger partial charge < -0.3 is 19.6 Å². The molecule has 3 N–H and O–H groups in total. The monoisotopic (exact) mass is 468 g/mol. The van der Waals surface area contributed by atoms with Gasteiger partial charge in [-0.2, -0.15) is 0 Å². The molecule has 2 heterocycles. The molecule has 32 heavy (non-hydrogen) atoms. The lowest BCUT2D eigenvalue weighted by molar-refractivity contribution is -0.133. The van der Waals surface area contributed by atoms with Crippen LogP contribution in [0.3, 0.4) is 0 Å². The van der Waals surface area contributed by atoms with Crippen LogP contribution in [-0.2, 0) is 19.6 Å². The summed E-state index contributed by atoms with van der Waals surface area (Å²) in [4.78, 5) is 30.0. The van der Waals surface area contributed by atoms with Crippen LogP contribution in [0.5, 0.6) is 5.75 Å². The highest BCUT2D eigenvalue weighted by atomic mass is 32.2. The molecule has 0 radical (unpaired) electrons. The fourth-order valence-electron chi connectivity index (χ4n) is 4.31. The second-order valence-corrected chi connectivity index (χ2v) is 9.96. The normalized spacial score (nSPS) is 23.0. The highest BCUT2D eigenvalue weighted by Gasteiger charge is 2.33. The maximum Gasteiger partial charge on any atom is 0.260 e. The van der Waals surface area contributed by atoms with Gasteiger partial charge in [0.25, 0.3) is 5.91 Å². The van der Waals surface area contributed by atoms with Crippen molar-refractivity contribution >= 4 is 21.8 Å². The number of aliphatic hydroxyl groups excluding tert-OH is 1. The lowest BCUT2D eigenvalue weighted by Gasteiger charge is -2.40. The Hall–Kier alpha value is -2.21. The number of amides is 2. The average molecular weight is 469 g/mol. The molecule has 1 aromatic carbocycles. The van der Waals surface area contributed by atoms with Crippen LogP contribution in [0, 0.1) is 6.92 Å². The van der Waals surface area contributed by atoms with Gasteiger partial charge in [0.05, 0.1) is 11.0 Å². The van der Waals surface area contributed by atoms with Gasteiger partial charge in [0.1, 0.15) is 5.75 Å². The molecule has 0 bridgehead atoms. The first-order valence-electron chi connectivity index (χ1n) is 10.8. The largest absolute Gasteiger partial charge is 0.483 e. The molecule has 2 aliphatic rings. The van der Waals surface area contributed by atoms with Crippen molar-refractivity contribution in [1.29, 1.82) is 0 Å². The number of aliphatic hydroxyl groups is 1. The van der Waals surface area contributed by atoms with Crippen LogP contribution in [0.2, 0.25) is 0 Å². The first kappa shape index (κ1) is 24.4. The summed E-state index contributed by atoms with van der Waals surface area (Å²) < 4.78 is 28.5. The molecule has 0 aromatic heterocycles. The molecular formula is C21H32N4O6S. The zero-order valence-electron chi connectivity index (χ0n) is 18.6. The Balaban J connectivity index is 1.54. The summed E-state index contributed by atoms with van der Waals surface area (Å²) in [5.74, 6) is 0.299. The molecule has 0 spiro atoms. The number of primary sulfonamides is 1. The average Bonchev–Trinajstić information content (AvgIpc) is 2.93. The number of ether oxygens (including phenoxy) is 1. The van der Waals surface area contributed by atoms with Gasteiger partial charge in [-0.1, -0.05) is 0 Å². The van der Waals surface area contributed by atoms with Crippen molar-refractivity contribution in [3.63, 3.8) is 0 Å².